The third-order valence-electron chi connectivity index (χ3n) is 2.62. The maximum absolute atomic E-state index is 8.96. The van der Waals surface area contributed by atoms with Crippen molar-refractivity contribution >= 4 is 11.8 Å². The number of nitrogens with one attached hydrogen (secondary N) is 1. The Morgan fingerprint density at radius 2 is 1.93 bits per heavy atom. The van der Waals surface area contributed by atoms with Crippen LogP contribution in [0.2, 0.25) is 0 Å². The van der Waals surface area contributed by atoms with Crippen LogP contribution in [0.5, 0.6) is 0 Å². The number of rotatable bonds is 9. The number of aliphatic hydroxyl groups excluding tert-OH is 1. The lowest BCUT2D eigenvalue weighted by atomic mass is 10.1. The molecule has 0 rings (SSSR count). The third-order valence-corrected chi connectivity index (χ3v) is 4.23. The van der Waals surface area contributed by atoms with Gasteiger partial charge in [-0.2, -0.15) is 11.8 Å². The molecule has 2 nitrogen and oxygen atoms in total. The van der Waals surface area contributed by atoms with Crippen LogP contribution in [0.25, 0.3) is 0 Å². The Labute approximate surface area is 99.2 Å². The predicted molar refractivity (Wildman–Crippen MR) is 70.5 cm³/mol. The van der Waals surface area contributed by atoms with Gasteiger partial charge in [-0.25, -0.2) is 0 Å². The van der Waals surface area contributed by atoms with Gasteiger partial charge in [0.25, 0.3) is 0 Å². The summed E-state index contributed by atoms with van der Waals surface area (Å²) < 4.78 is 0. The molecule has 0 aliphatic carbocycles. The molecule has 0 bridgehead atoms. The minimum atomic E-state index is 0.304. The zero-order valence-corrected chi connectivity index (χ0v) is 11.4. The molecule has 0 heterocycles. The highest BCUT2D eigenvalue weighted by Crippen LogP contribution is 2.19. The summed E-state index contributed by atoms with van der Waals surface area (Å²) in [4.78, 5) is 0. The molecule has 3 heteroatoms. The lowest BCUT2D eigenvalue weighted by Crippen LogP contribution is -2.37. The van der Waals surface area contributed by atoms with Crippen LogP contribution in [0.1, 0.15) is 40.5 Å². The van der Waals surface area contributed by atoms with E-state index in [-0.39, 0.29) is 0 Å². The summed E-state index contributed by atoms with van der Waals surface area (Å²) in [5, 5.41) is 13.2. The second-order valence-electron chi connectivity index (χ2n) is 4.30. The minimum absolute atomic E-state index is 0.304. The molecule has 0 aliphatic rings. The predicted octanol–water partition coefficient (Wildman–Crippen LogP) is 2.51. The first-order chi connectivity index (χ1) is 7.15. The molecule has 2 N–H and O–H groups in total. The monoisotopic (exact) mass is 233 g/mol. The molecule has 3 unspecified atom stereocenters. The fraction of sp³-hybridized carbons (Fsp3) is 1.00. The van der Waals surface area contributed by atoms with Crippen molar-refractivity contribution in [3.63, 3.8) is 0 Å². The topological polar surface area (TPSA) is 32.3 Å². The number of aliphatic hydroxyl groups is 1. The van der Waals surface area contributed by atoms with E-state index in [4.69, 9.17) is 5.11 Å². The van der Waals surface area contributed by atoms with Gasteiger partial charge in [0.1, 0.15) is 0 Å². The van der Waals surface area contributed by atoms with E-state index in [1.165, 1.54) is 12.8 Å². The van der Waals surface area contributed by atoms with Gasteiger partial charge < -0.3 is 10.4 Å². The molecule has 3 atom stereocenters. The zero-order valence-electron chi connectivity index (χ0n) is 10.6. The average molecular weight is 233 g/mol. The lowest BCUT2D eigenvalue weighted by Gasteiger charge is -2.24. The minimum Gasteiger partial charge on any atom is -0.396 e. The lowest BCUT2D eigenvalue weighted by molar-refractivity contribution is 0.250. The third kappa shape index (κ3) is 7.20. The van der Waals surface area contributed by atoms with E-state index in [0.29, 0.717) is 23.8 Å². The molecule has 0 saturated heterocycles. The normalized spacial score (nSPS) is 17.4. The van der Waals surface area contributed by atoms with Crippen LogP contribution in [-0.4, -0.2) is 35.3 Å². The standard InChI is InChI=1S/C12H27NOS/c1-5-7-13-12(6-2)11(4)15-9-10(3)8-14/h10-14H,5-9H2,1-4H3. The smallest absolute Gasteiger partial charge is 0.0464 e. The van der Waals surface area contributed by atoms with Crippen molar-refractivity contribution in [2.24, 2.45) is 5.92 Å². The Kier molecular flexibility index (Phi) is 9.66. The van der Waals surface area contributed by atoms with Crippen molar-refractivity contribution in [1.29, 1.82) is 0 Å². The van der Waals surface area contributed by atoms with Crippen LogP contribution in [-0.2, 0) is 0 Å². The van der Waals surface area contributed by atoms with Crippen molar-refractivity contribution in [3.8, 4) is 0 Å². The number of hydrogen-bond donors (Lipinski definition) is 2. The average Bonchev–Trinajstić information content (AvgIpc) is 2.26. The van der Waals surface area contributed by atoms with Gasteiger partial charge in [0.2, 0.25) is 0 Å². The van der Waals surface area contributed by atoms with Crippen molar-refractivity contribution in [3.05, 3.63) is 0 Å². The molecule has 0 amide bonds. The molecule has 0 aliphatic heterocycles. The van der Waals surface area contributed by atoms with Crippen LogP contribution in [0.4, 0.5) is 0 Å². The highest BCUT2D eigenvalue weighted by Gasteiger charge is 2.15. The SMILES string of the molecule is CCCNC(CC)C(C)SCC(C)CO. The van der Waals surface area contributed by atoms with Crippen molar-refractivity contribution in [1.82, 2.24) is 5.32 Å². The Morgan fingerprint density at radius 1 is 1.27 bits per heavy atom. The highest BCUT2D eigenvalue weighted by molar-refractivity contribution is 7.99. The maximum Gasteiger partial charge on any atom is 0.0464 e. The molecule has 92 valence electrons. The number of thioether (sulfide) groups is 1. The molecule has 0 aromatic heterocycles. The van der Waals surface area contributed by atoms with E-state index in [1.807, 2.05) is 11.8 Å². The van der Waals surface area contributed by atoms with E-state index < -0.39 is 0 Å². The molecular weight excluding hydrogens is 206 g/mol. The van der Waals surface area contributed by atoms with Crippen LogP contribution >= 0.6 is 11.8 Å². The molecule has 0 aromatic rings. The second kappa shape index (κ2) is 9.49. The van der Waals surface area contributed by atoms with E-state index in [9.17, 15) is 0 Å². The summed E-state index contributed by atoms with van der Waals surface area (Å²) in [6, 6.07) is 0.612. The second-order valence-corrected chi connectivity index (χ2v) is 5.71. The molecule has 0 spiro atoms. The summed E-state index contributed by atoms with van der Waals surface area (Å²) in [5.41, 5.74) is 0. The number of hydrogen-bond acceptors (Lipinski definition) is 3. The van der Waals surface area contributed by atoms with Gasteiger partial charge in [0, 0.05) is 17.9 Å². The molecule has 0 aromatic carbocycles. The molecule has 15 heavy (non-hydrogen) atoms. The summed E-state index contributed by atoms with van der Waals surface area (Å²) >= 11 is 1.97. The van der Waals surface area contributed by atoms with Gasteiger partial charge in [-0.1, -0.05) is 27.7 Å². The fourth-order valence-corrected chi connectivity index (χ4v) is 2.72. The van der Waals surface area contributed by atoms with Crippen molar-refractivity contribution in [2.75, 3.05) is 18.9 Å². The molecule has 0 fully saturated rings. The Bertz CT molecular complexity index is 144. The fourth-order valence-electron chi connectivity index (χ4n) is 1.46. The zero-order chi connectivity index (χ0) is 11.7. The van der Waals surface area contributed by atoms with Gasteiger partial charge in [-0.15, -0.1) is 0 Å². The molecule has 0 radical (unpaired) electrons. The van der Waals surface area contributed by atoms with Crippen LogP contribution in [0.15, 0.2) is 0 Å². The van der Waals surface area contributed by atoms with Gasteiger partial charge in [-0.05, 0) is 31.1 Å². The van der Waals surface area contributed by atoms with E-state index in [1.54, 1.807) is 0 Å². The Hall–Kier alpha value is 0.270. The van der Waals surface area contributed by atoms with E-state index >= 15 is 0 Å². The van der Waals surface area contributed by atoms with E-state index in [0.717, 1.165) is 12.3 Å². The van der Waals surface area contributed by atoms with Crippen molar-refractivity contribution < 1.29 is 5.11 Å². The Morgan fingerprint density at radius 3 is 2.40 bits per heavy atom. The van der Waals surface area contributed by atoms with Crippen LogP contribution in [0, 0.1) is 5.92 Å². The molecule has 0 saturated carbocycles. The van der Waals surface area contributed by atoms with Gasteiger partial charge >= 0.3 is 0 Å². The maximum atomic E-state index is 8.96. The van der Waals surface area contributed by atoms with Crippen molar-refractivity contribution in [2.45, 2.75) is 51.8 Å². The van der Waals surface area contributed by atoms with Gasteiger partial charge in [0.15, 0.2) is 0 Å². The van der Waals surface area contributed by atoms with Crippen LogP contribution < -0.4 is 5.32 Å². The summed E-state index contributed by atoms with van der Waals surface area (Å²) in [7, 11) is 0. The first kappa shape index (κ1) is 15.3. The van der Waals surface area contributed by atoms with E-state index in [2.05, 4.69) is 33.0 Å². The van der Waals surface area contributed by atoms with Gasteiger partial charge in [0.05, 0.1) is 0 Å². The summed E-state index contributed by atoms with van der Waals surface area (Å²) in [6.45, 7) is 10.2. The summed E-state index contributed by atoms with van der Waals surface area (Å²) in [5.74, 6) is 1.48. The molecular formula is C12H27NOS. The summed E-state index contributed by atoms with van der Waals surface area (Å²) in [6.07, 6.45) is 2.38. The largest absolute Gasteiger partial charge is 0.396 e. The van der Waals surface area contributed by atoms with Crippen LogP contribution in [0.3, 0.4) is 0 Å². The Balaban J connectivity index is 3.76. The van der Waals surface area contributed by atoms with Gasteiger partial charge in [-0.3, -0.25) is 0 Å². The first-order valence-electron chi connectivity index (χ1n) is 6.11. The quantitative estimate of drug-likeness (QED) is 0.642. The first-order valence-corrected chi connectivity index (χ1v) is 7.16. The highest BCUT2D eigenvalue weighted by atomic mass is 32.2.